The molecule has 0 aliphatic carbocycles. The van der Waals surface area contributed by atoms with Gasteiger partial charge in [-0.1, -0.05) is 32.0 Å². The molecule has 0 amide bonds. The van der Waals surface area contributed by atoms with Gasteiger partial charge in [0.05, 0.1) is 6.54 Å². The first-order valence-corrected chi connectivity index (χ1v) is 9.19. The van der Waals surface area contributed by atoms with E-state index in [0.717, 1.165) is 45.2 Å². The molecular formula is C19H31FN4O. The van der Waals surface area contributed by atoms with E-state index in [1.54, 1.807) is 18.2 Å². The predicted molar refractivity (Wildman–Crippen MR) is 100 cm³/mol. The minimum atomic E-state index is -0.933. The lowest BCUT2D eigenvalue weighted by molar-refractivity contribution is 0.161. The second-order valence-corrected chi connectivity index (χ2v) is 6.91. The quantitative estimate of drug-likeness (QED) is 0.609. The Kier molecular flexibility index (Phi) is 7.65. The standard InChI is InChI=1S/C19H31FN4O/c1-4-21-19(24-11-9-23(10-12-24)14-15(2)3)22-13-18(25)16-7-5-6-8-17(16)20/h5-8,15,18,25H,4,9-14H2,1-3H3,(H,21,22). The number of rotatable bonds is 6. The maximum Gasteiger partial charge on any atom is 0.194 e. The Morgan fingerprint density at radius 1 is 1.24 bits per heavy atom. The maximum absolute atomic E-state index is 13.8. The first-order chi connectivity index (χ1) is 12.0. The molecule has 0 spiro atoms. The van der Waals surface area contributed by atoms with Crippen molar-refractivity contribution in [2.75, 3.05) is 45.8 Å². The minimum absolute atomic E-state index is 0.148. The predicted octanol–water partition coefficient (Wildman–Crippen LogP) is 2.10. The molecule has 1 aromatic rings. The summed E-state index contributed by atoms with van der Waals surface area (Å²) >= 11 is 0. The number of piperazine rings is 1. The van der Waals surface area contributed by atoms with E-state index in [4.69, 9.17) is 0 Å². The molecule has 0 bridgehead atoms. The molecule has 1 saturated heterocycles. The van der Waals surface area contributed by atoms with Crippen LogP contribution >= 0.6 is 0 Å². The fourth-order valence-corrected chi connectivity index (χ4v) is 3.10. The van der Waals surface area contributed by atoms with Crippen molar-refractivity contribution in [1.82, 2.24) is 15.1 Å². The Morgan fingerprint density at radius 2 is 1.92 bits per heavy atom. The number of guanidine groups is 1. The molecule has 140 valence electrons. The molecule has 2 N–H and O–H groups in total. The van der Waals surface area contributed by atoms with Gasteiger partial charge in [0.15, 0.2) is 5.96 Å². The highest BCUT2D eigenvalue weighted by Gasteiger charge is 2.20. The number of nitrogens with one attached hydrogen (secondary N) is 1. The van der Waals surface area contributed by atoms with Crippen LogP contribution in [0.2, 0.25) is 0 Å². The topological polar surface area (TPSA) is 51.1 Å². The maximum atomic E-state index is 13.8. The first kappa shape index (κ1) is 19.7. The van der Waals surface area contributed by atoms with E-state index in [-0.39, 0.29) is 6.54 Å². The Morgan fingerprint density at radius 3 is 2.52 bits per heavy atom. The van der Waals surface area contributed by atoms with Gasteiger partial charge in [0.2, 0.25) is 0 Å². The second-order valence-electron chi connectivity index (χ2n) is 6.91. The zero-order valence-electron chi connectivity index (χ0n) is 15.6. The van der Waals surface area contributed by atoms with Crippen molar-refractivity contribution >= 4 is 5.96 Å². The monoisotopic (exact) mass is 350 g/mol. The Bertz CT molecular complexity index is 556. The van der Waals surface area contributed by atoms with Crippen molar-refractivity contribution in [3.63, 3.8) is 0 Å². The lowest BCUT2D eigenvalue weighted by Gasteiger charge is -2.37. The molecule has 1 atom stereocenters. The van der Waals surface area contributed by atoms with Gasteiger partial charge in [-0.2, -0.15) is 0 Å². The number of aliphatic imine (C=N–C) groups is 1. The van der Waals surface area contributed by atoms with Crippen LogP contribution in [-0.4, -0.2) is 66.7 Å². The number of benzene rings is 1. The number of aliphatic hydroxyl groups is 1. The Balaban J connectivity index is 1.96. The zero-order valence-corrected chi connectivity index (χ0v) is 15.6. The van der Waals surface area contributed by atoms with E-state index in [1.165, 1.54) is 6.07 Å². The van der Waals surface area contributed by atoms with Crippen molar-refractivity contribution in [3.05, 3.63) is 35.6 Å². The molecule has 0 aromatic heterocycles. The highest BCUT2D eigenvalue weighted by Crippen LogP contribution is 2.17. The number of hydrogen-bond acceptors (Lipinski definition) is 3. The number of hydrogen-bond donors (Lipinski definition) is 2. The third-order valence-electron chi connectivity index (χ3n) is 4.31. The average Bonchev–Trinajstić information content (AvgIpc) is 2.59. The van der Waals surface area contributed by atoms with Crippen molar-refractivity contribution in [2.24, 2.45) is 10.9 Å². The smallest absolute Gasteiger partial charge is 0.194 e. The highest BCUT2D eigenvalue weighted by molar-refractivity contribution is 5.80. The van der Waals surface area contributed by atoms with Gasteiger partial charge in [-0.15, -0.1) is 0 Å². The first-order valence-electron chi connectivity index (χ1n) is 9.19. The van der Waals surface area contributed by atoms with Gasteiger partial charge in [-0.05, 0) is 18.9 Å². The summed E-state index contributed by atoms with van der Waals surface area (Å²) < 4.78 is 13.8. The van der Waals surface area contributed by atoms with Gasteiger partial charge in [-0.25, -0.2) is 4.39 Å². The summed E-state index contributed by atoms with van der Waals surface area (Å²) in [5.74, 6) is 1.07. The van der Waals surface area contributed by atoms with Crippen LogP contribution < -0.4 is 5.32 Å². The molecule has 1 unspecified atom stereocenters. The molecule has 1 heterocycles. The average molecular weight is 350 g/mol. The molecule has 5 nitrogen and oxygen atoms in total. The third-order valence-corrected chi connectivity index (χ3v) is 4.31. The number of nitrogens with zero attached hydrogens (tertiary/aromatic N) is 3. The largest absolute Gasteiger partial charge is 0.386 e. The van der Waals surface area contributed by atoms with Crippen LogP contribution in [0.4, 0.5) is 4.39 Å². The van der Waals surface area contributed by atoms with Crippen LogP contribution in [0, 0.1) is 11.7 Å². The fraction of sp³-hybridized carbons (Fsp3) is 0.632. The molecule has 1 aliphatic heterocycles. The molecule has 6 heteroatoms. The summed E-state index contributed by atoms with van der Waals surface area (Å²) in [5.41, 5.74) is 0.295. The van der Waals surface area contributed by atoms with Crippen LogP contribution in [0.3, 0.4) is 0 Å². The van der Waals surface area contributed by atoms with Crippen molar-refractivity contribution in [3.8, 4) is 0 Å². The lowest BCUT2D eigenvalue weighted by Crippen LogP contribution is -2.53. The van der Waals surface area contributed by atoms with E-state index < -0.39 is 11.9 Å². The van der Waals surface area contributed by atoms with Crippen LogP contribution in [0.15, 0.2) is 29.3 Å². The van der Waals surface area contributed by atoms with Gasteiger partial charge < -0.3 is 15.3 Å². The lowest BCUT2D eigenvalue weighted by atomic mass is 10.1. The molecule has 0 radical (unpaired) electrons. The summed E-state index contributed by atoms with van der Waals surface area (Å²) in [7, 11) is 0. The normalized spacial score (nSPS) is 17.8. The van der Waals surface area contributed by atoms with Crippen LogP contribution in [0.25, 0.3) is 0 Å². The number of aliphatic hydroxyl groups excluding tert-OH is 1. The van der Waals surface area contributed by atoms with Gasteiger partial charge in [0, 0.05) is 44.8 Å². The van der Waals surface area contributed by atoms with Gasteiger partial charge >= 0.3 is 0 Å². The molecule has 1 aliphatic rings. The van der Waals surface area contributed by atoms with Crippen molar-refractivity contribution < 1.29 is 9.50 Å². The SMILES string of the molecule is CCNC(=NCC(O)c1ccccc1F)N1CCN(CC(C)C)CC1. The molecule has 0 saturated carbocycles. The van der Waals surface area contributed by atoms with Gasteiger partial charge in [-0.3, -0.25) is 9.89 Å². The van der Waals surface area contributed by atoms with Crippen LogP contribution in [-0.2, 0) is 0 Å². The molecule has 2 rings (SSSR count). The fourth-order valence-electron chi connectivity index (χ4n) is 3.10. The van der Waals surface area contributed by atoms with Gasteiger partial charge in [0.1, 0.15) is 11.9 Å². The summed E-state index contributed by atoms with van der Waals surface area (Å²) in [6.07, 6.45) is -0.933. The van der Waals surface area contributed by atoms with E-state index in [1.807, 2.05) is 6.92 Å². The summed E-state index contributed by atoms with van der Waals surface area (Å²) in [6.45, 7) is 12.4. The second kappa shape index (κ2) is 9.73. The minimum Gasteiger partial charge on any atom is -0.386 e. The van der Waals surface area contributed by atoms with Crippen LogP contribution in [0.5, 0.6) is 0 Å². The number of halogens is 1. The molecule has 25 heavy (non-hydrogen) atoms. The molecular weight excluding hydrogens is 319 g/mol. The van der Waals surface area contributed by atoms with Gasteiger partial charge in [0.25, 0.3) is 0 Å². The molecule has 1 aromatic carbocycles. The van der Waals surface area contributed by atoms with E-state index in [2.05, 4.69) is 34.0 Å². The zero-order chi connectivity index (χ0) is 18.2. The van der Waals surface area contributed by atoms with E-state index >= 15 is 0 Å². The van der Waals surface area contributed by atoms with E-state index in [9.17, 15) is 9.50 Å². The summed E-state index contributed by atoms with van der Waals surface area (Å²) in [6, 6.07) is 6.31. The van der Waals surface area contributed by atoms with Crippen molar-refractivity contribution in [2.45, 2.75) is 26.9 Å². The summed E-state index contributed by atoms with van der Waals surface area (Å²) in [4.78, 5) is 9.22. The Hall–Kier alpha value is -1.66. The van der Waals surface area contributed by atoms with E-state index in [0.29, 0.717) is 11.5 Å². The molecule has 1 fully saturated rings. The highest BCUT2D eigenvalue weighted by atomic mass is 19.1. The third kappa shape index (κ3) is 5.97. The van der Waals surface area contributed by atoms with Crippen LogP contribution in [0.1, 0.15) is 32.4 Å². The Labute approximate surface area is 150 Å². The van der Waals surface area contributed by atoms with Crippen molar-refractivity contribution in [1.29, 1.82) is 0 Å². The summed E-state index contributed by atoms with van der Waals surface area (Å²) in [5, 5.41) is 13.5.